The standard InChI is InChI=1S/C23H21F3N2O3S.2C2H6/c1-14-20(32-22(27-14)15-2-4-17(5-3-15)23(24,25)26)9-11-28-10-8-16-12-18(6-7-19(16)28)31-13-21(29)30;2*1-2/h2-8,10,12,22,27H,9,11,13H2,1H3,(H,29,30);2*1-2H3. The van der Waals surface area contributed by atoms with E-state index in [1.807, 2.05) is 59.0 Å². The van der Waals surface area contributed by atoms with Crippen molar-refractivity contribution < 1.29 is 27.8 Å². The second-order valence-corrected chi connectivity index (χ2v) is 8.67. The average Bonchev–Trinajstić information content (AvgIpc) is 3.46. The third kappa shape index (κ3) is 7.46. The van der Waals surface area contributed by atoms with Crippen molar-refractivity contribution in [2.45, 2.75) is 59.1 Å². The van der Waals surface area contributed by atoms with Crippen molar-refractivity contribution in [1.29, 1.82) is 0 Å². The van der Waals surface area contributed by atoms with Gasteiger partial charge in [0, 0.05) is 34.2 Å². The SMILES string of the molecule is CC.CC.CC1=C(CCn2ccc3cc(OCC(=O)O)ccc32)SC(c2ccc(C(F)(F)F)cc2)N1. The fourth-order valence-corrected chi connectivity index (χ4v) is 4.87. The van der Waals surface area contributed by atoms with Crippen LogP contribution in [-0.4, -0.2) is 22.2 Å². The highest BCUT2D eigenvalue weighted by molar-refractivity contribution is 8.03. The van der Waals surface area contributed by atoms with Crippen molar-refractivity contribution in [3.05, 3.63) is 76.5 Å². The van der Waals surface area contributed by atoms with Crippen LogP contribution in [0.3, 0.4) is 0 Å². The van der Waals surface area contributed by atoms with Crippen molar-refractivity contribution in [3.8, 4) is 5.75 Å². The van der Waals surface area contributed by atoms with Crippen LogP contribution in [0.15, 0.2) is 65.3 Å². The first-order valence-corrected chi connectivity index (χ1v) is 12.8. The van der Waals surface area contributed by atoms with Crippen LogP contribution in [0.25, 0.3) is 10.9 Å². The van der Waals surface area contributed by atoms with Crippen LogP contribution in [0.1, 0.15) is 57.5 Å². The van der Waals surface area contributed by atoms with E-state index in [0.717, 1.165) is 52.2 Å². The molecule has 196 valence electrons. The summed E-state index contributed by atoms with van der Waals surface area (Å²) in [5.41, 5.74) is 2.20. The zero-order chi connectivity index (χ0) is 26.9. The number of aryl methyl sites for hydroxylation is 1. The summed E-state index contributed by atoms with van der Waals surface area (Å²) >= 11 is 1.62. The second-order valence-electron chi connectivity index (χ2n) is 7.47. The molecule has 1 aliphatic rings. The molecular formula is C27H33F3N2O3S. The van der Waals surface area contributed by atoms with Gasteiger partial charge in [-0.3, -0.25) is 0 Å². The van der Waals surface area contributed by atoms with Crippen LogP contribution in [0.5, 0.6) is 5.75 Å². The number of allylic oxidation sites excluding steroid dienone is 2. The van der Waals surface area contributed by atoms with Gasteiger partial charge in [0.15, 0.2) is 6.61 Å². The molecule has 36 heavy (non-hydrogen) atoms. The lowest BCUT2D eigenvalue weighted by atomic mass is 10.1. The molecule has 2 aromatic carbocycles. The van der Waals surface area contributed by atoms with Gasteiger partial charge in [-0.1, -0.05) is 51.6 Å². The zero-order valence-electron chi connectivity index (χ0n) is 21.1. The van der Waals surface area contributed by atoms with Crippen molar-refractivity contribution in [3.63, 3.8) is 0 Å². The molecule has 0 bridgehead atoms. The monoisotopic (exact) mass is 522 g/mol. The third-order valence-electron chi connectivity index (χ3n) is 5.25. The number of hydrogen-bond acceptors (Lipinski definition) is 4. The predicted octanol–water partition coefficient (Wildman–Crippen LogP) is 7.83. The number of carboxylic acids is 1. The molecule has 1 aliphatic heterocycles. The van der Waals surface area contributed by atoms with Gasteiger partial charge in [0.05, 0.1) is 5.56 Å². The molecule has 1 unspecified atom stereocenters. The first kappa shape index (κ1) is 29.2. The number of nitrogens with one attached hydrogen (secondary N) is 1. The Labute approximate surface area is 214 Å². The van der Waals surface area contributed by atoms with Gasteiger partial charge in [-0.15, -0.1) is 0 Å². The number of halogens is 3. The summed E-state index contributed by atoms with van der Waals surface area (Å²) in [4.78, 5) is 11.8. The van der Waals surface area contributed by atoms with Gasteiger partial charge in [-0.2, -0.15) is 13.2 Å². The maximum absolute atomic E-state index is 12.8. The molecule has 0 radical (unpaired) electrons. The van der Waals surface area contributed by atoms with Crippen molar-refractivity contribution in [2.24, 2.45) is 0 Å². The van der Waals surface area contributed by atoms with Crippen LogP contribution in [-0.2, 0) is 17.5 Å². The van der Waals surface area contributed by atoms with Crippen molar-refractivity contribution in [2.75, 3.05) is 6.61 Å². The van der Waals surface area contributed by atoms with E-state index in [1.54, 1.807) is 17.8 Å². The van der Waals surface area contributed by atoms with Gasteiger partial charge < -0.3 is 19.7 Å². The van der Waals surface area contributed by atoms with E-state index in [1.165, 1.54) is 12.1 Å². The molecule has 0 aliphatic carbocycles. The topological polar surface area (TPSA) is 63.5 Å². The number of hydrogen-bond donors (Lipinski definition) is 2. The molecular weight excluding hydrogens is 489 g/mol. The largest absolute Gasteiger partial charge is 0.482 e. The number of nitrogens with zero attached hydrogens (tertiary/aromatic N) is 1. The predicted molar refractivity (Wildman–Crippen MR) is 140 cm³/mol. The molecule has 4 rings (SSSR count). The van der Waals surface area contributed by atoms with E-state index >= 15 is 0 Å². The number of alkyl halides is 3. The molecule has 1 aromatic heterocycles. The summed E-state index contributed by atoms with van der Waals surface area (Å²) in [6.07, 6.45) is -1.58. The smallest absolute Gasteiger partial charge is 0.416 e. The summed E-state index contributed by atoms with van der Waals surface area (Å²) in [5, 5.41) is 12.9. The molecule has 1 atom stereocenters. The Kier molecular flexibility index (Phi) is 10.8. The summed E-state index contributed by atoms with van der Waals surface area (Å²) in [5.74, 6) is -0.519. The molecule has 0 saturated carbocycles. The molecule has 5 nitrogen and oxygen atoms in total. The van der Waals surface area contributed by atoms with Crippen molar-refractivity contribution in [1.82, 2.24) is 9.88 Å². The highest BCUT2D eigenvalue weighted by Gasteiger charge is 2.31. The van der Waals surface area contributed by atoms with Gasteiger partial charge in [-0.05, 0) is 55.3 Å². The summed E-state index contributed by atoms with van der Waals surface area (Å²) < 4.78 is 45.7. The zero-order valence-corrected chi connectivity index (χ0v) is 22.0. The van der Waals surface area contributed by atoms with Crippen molar-refractivity contribution >= 4 is 28.6 Å². The minimum Gasteiger partial charge on any atom is -0.482 e. The Morgan fingerprint density at radius 2 is 1.75 bits per heavy atom. The number of ether oxygens (including phenoxy) is 1. The Balaban J connectivity index is 0.00000109. The fraction of sp³-hybridized carbons (Fsp3) is 0.370. The number of carboxylic acid groups (broad SMARTS) is 1. The van der Waals surface area contributed by atoms with E-state index in [2.05, 4.69) is 9.88 Å². The Hall–Kier alpha value is -3.07. The molecule has 0 amide bonds. The molecule has 9 heteroatoms. The summed E-state index contributed by atoms with van der Waals surface area (Å²) in [7, 11) is 0. The van der Waals surface area contributed by atoms with Gasteiger partial charge in [-0.25, -0.2) is 4.79 Å². The number of aromatic nitrogens is 1. The van der Waals surface area contributed by atoms with Crippen LogP contribution in [0.4, 0.5) is 13.2 Å². The number of aliphatic carboxylic acids is 1. The number of rotatable bonds is 7. The molecule has 2 N–H and O–H groups in total. The minimum atomic E-state index is -4.34. The number of thioether (sulfide) groups is 1. The van der Waals surface area contributed by atoms with Gasteiger partial charge in [0.25, 0.3) is 0 Å². The van der Waals surface area contributed by atoms with E-state index in [4.69, 9.17) is 9.84 Å². The lowest BCUT2D eigenvalue weighted by molar-refractivity contribution is -0.139. The molecule has 0 spiro atoms. The summed E-state index contributed by atoms with van der Waals surface area (Å²) in [6, 6.07) is 12.7. The van der Waals surface area contributed by atoms with E-state index < -0.39 is 17.7 Å². The lowest BCUT2D eigenvalue weighted by Gasteiger charge is -2.14. The minimum absolute atomic E-state index is 0.109. The Morgan fingerprint density at radius 3 is 2.36 bits per heavy atom. The highest BCUT2D eigenvalue weighted by Crippen LogP contribution is 2.42. The van der Waals surface area contributed by atoms with Gasteiger partial charge in [0.1, 0.15) is 11.1 Å². The lowest BCUT2D eigenvalue weighted by Crippen LogP contribution is -2.12. The average molecular weight is 523 g/mol. The van der Waals surface area contributed by atoms with Crippen LogP contribution in [0.2, 0.25) is 0 Å². The first-order chi connectivity index (χ1) is 17.2. The normalized spacial score (nSPS) is 14.9. The molecule has 3 aromatic rings. The number of carbonyl (C=O) groups is 1. The molecule has 2 heterocycles. The van der Waals surface area contributed by atoms with E-state index in [9.17, 15) is 18.0 Å². The number of fused-ring (bicyclic) bond motifs is 1. The van der Waals surface area contributed by atoms with E-state index in [0.29, 0.717) is 5.75 Å². The number of benzene rings is 2. The van der Waals surface area contributed by atoms with Gasteiger partial charge >= 0.3 is 12.1 Å². The van der Waals surface area contributed by atoms with Gasteiger partial charge in [0.2, 0.25) is 0 Å². The second kappa shape index (κ2) is 13.3. The fourth-order valence-electron chi connectivity index (χ4n) is 3.61. The Morgan fingerprint density at radius 1 is 1.08 bits per heavy atom. The highest BCUT2D eigenvalue weighted by atomic mass is 32.2. The van der Waals surface area contributed by atoms with E-state index in [-0.39, 0.29) is 12.0 Å². The van der Waals surface area contributed by atoms with Crippen LogP contribution < -0.4 is 10.1 Å². The Bertz CT molecular complexity index is 1170. The maximum Gasteiger partial charge on any atom is 0.416 e. The molecule has 0 saturated heterocycles. The quantitative estimate of drug-likeness (QED) is 0.331. The van der Waals surface area contributed by atoms with Crippen LogP contribution in [0, 0.1) is 0 Å². The van der Waals surface area contributed by atoms with Crippen LogP contribution >= 0.6 is 11.8 Å². The first-order valence-electron chi connectivity index (χ1n) is 11.9. The summed E-state index contributed by atoms with van der Waals surface area (Å²) in [6.45, 7) is 10.3. The maximum atomic E-state index is 12.8. The molecule has 0 fully saturated rings. The third-order valence-corrected chi connectivity index (χ3v) is 6.67.